The highest BCUT2D eigenvalue weighted by Gasteiger charge is 2.20. The molecule has 0 atom stereocenters. The topological polar surface area (TPSA) is 63.0 Å². The van der Waals surface area contributed by atoms with Gasteiger partial charge in [-0.05, 0) is 26.8 Å². The van der Waals surface area contributed by atoms with E-state index >= 15 is 0 Å². The Bertz CT molecular complexity index is 1170. The van der Waals surface area contributed by atoms with E-state index in [1.54, 1.807) is 13.3 Å². The Morgan fingerprint density at radius 3 is 2.77 bits per heavy atom. The summed E-state index contributed by atoms with van der Waals surface area (Å²) in [5, 5.41) is 0.929. The lowest BCUT2D eigenvalue weighted by molar-refractivity contribution is 0.103. The molecule has 30 heavy (non-hydrogen) atoms. The van der Waals surface area contributed by atoms with Gasteiger partial charge in [-0.3, -0.25) is 4.79 Å². The van der Waals surface area contributed by atoms with E-state index in [9.17, 15) is 4.79 Å². The number of hydrogen-bond acceptors (Lipinski definition) is 3. The number of fused-ring (bicyclic) bond motifs is 1. The molecule has 0 saturated heterocycles. The highest BCUT2D eigenvalue weighted by molar-refractivity contribution is 6.14. The van der Waals surface area contributed by atoms with Gasteiger partial charge in [0.15, 0.2) is 5.82 Å². The number of carbonyl (C=O) groups excluding carboxylic acids is 1. The average Bonchev–Trinajstić information content (AvgIpc) is 3.30. The highest BCUT2D eigenvalue weighted by Crippen LogP contribution is 2.24. The van der Waals surface area contributed by atoms with Crippen LogP contribution in [-0.4, -0.2) is 33.6 Å². The fraction of sp³-hybridized carbons (Fsp3) is 0.240. The van der Waals surface area contributed by atoms with E-state index in [0.717, 1.165) is 27.9 Å². The van der Waals surface area contributed by atoms with Crippen molar-refractivity contribution in [2.24, 2.45) is 4.99 Å². The van der Waals surface area contributed by atoms with Crippen molar-refractivity contribution in [2.45, 2.75) is 33.7 Å². The minimum absolute atomic E-state index is 0.100. The molecule has 0 aliphatic carbocycles. The quantitative estimate of drug-likeness (QED) is 0.320. The Morgan fingerprint density at radius 2 is 2.03 bits per heavy atom. The molecule has 0 aliphatic rings. The van der Waals surface area contributed by atoms with Crippen LogP contribution in [-0.2, 0) is 13.0 Å². The first kappa shape index (κ1) is 21.2. The number of aliphatic imine (C=N–C) groups is 1. The first-order valence-corrected chi connectivity index (χ1v) is 9.99. The molecule has 1 N–H and O–H groups in total. The lowest BCUT2D eigenvalue weighted by Gasteiger charge is -2.05. The third-order valence-electron chi connectivity index (χ3n) is 5.07. The van der Waals surface area contributed by atoms with E-state index in [1.807, 2.05) is 56.5 Å². The zero-order chi connectivity index (χ0) is 21.7. The van der Waals surface area contributed by atoms with Crippen molar-refractivity contribution in [3.8, 4) is 0 Å². The highest BCUT2D eigenvalue weighted by atomic mass is 16.1. The van der Waals surface area contributed by atoms with E-state index < -0.39 is 0 Å². The maximum absolute atomic E-state index is 13.3. The predicted octanol–water partition coefficient (Wildman–Crippen LogP) is 5.23. The number of benzene rings is 1. The van der Waals surface area contributed by atoms with Crippen LogP contribution in [0.25, 0.3) is 10.9 Å². The van der Waals surface area contributed by atoms with E-state index in [1.165, 1.54) is 5.57 Å². The summed E-state index contributed by atoms with van der Waals surface area (Å²) in [5.74, 6) is 0.267. The Balaban J connectivity index is 1.98. The molecule has 0 unspecified atom stereocenters. The van der Waals surface area contributed by atoms with Gasteiger partial charge in [-0.1, -0.05) is 54.2 Å². The van der Waals surface area contributed by atoms with Gasteiger partial charge in [0.25, 0.3) is 0 Å². The molecule has 3 aromatic rings. The summed E-state index contributed by atoms with van der Waals surface area (Å²) in [6, 6.07) is 7.98. The molecule has 0 radical (unpaired) electrons. The summed E-state index contributed by atoms with van der Waals surface area (Å²) in [7, 11) is 1.73. The number of H-pyrrole nitrogens is 1. The smallest absolute Gasteiger partial charge is 0.230 e. The molecular formula is C25H28N4O. The van der Waals surface area contributed by atoms with Crippen LogP contribution < -0.4 is 0 Å². The standard InChI is InChI=1S/C25H28N4O/c1-6-17(2)11-12-18(3)15-29-16-21(20-9-7-8-10-23(20)29)24(30)25-27-19(4)22(28-25)13-14-26-5/h6-12,14,16H,1,13,15H2,2-5H3,(H,27,28)/b17-11-,18-12+,26-14?. The van der Waals surface area contributed by atoms with Crippen LogP contribution in [0.1, 0.15) is 41.4 Å². The Kier molecular flexibility index (Phi) is 6.62. The maximum atomic E-state index is 13.3. The average molecular weight is 401 g/mol. The van der Waals surface area contributed by atoms with Crippen molar-refractivity contribution in [3.05, 3.63) is 89.2 Å². The molecular weight excluding hydrogens is 372 g/mol. The molecule has 0 bridgehead atoms. The number of nitrogens with one attached hydrogen (secondary N) is 1. The molecule has 0 fully saturated rings. The third-order valence-corrected chi connectivity index (χ3v) is 5.07. The third kappa shape index (κ3) is 4.57. The number of aromatic nitrogens is 3. The molecule has 2 aromatic heterocycles. The Hall–Kier alpha value is -3.47. The van der Waals surface area contributed by atoms with E-state index in [4.69, 9.17) is 0 Å². The molecule has 3 rings (SSSR count). The van der Waals surface area contributed by atoms with Crippen molar-refractivity contribution in [3.63, 3.8) is 0 Å². The number of allylic oxidation sites excluding steroid dienone is 5. The number of hydrogen-bond donors (Lipinski definition) is 1. The number of rotatable bonds is 8. The second kappa shape index (κ2) is 9.35. The fourth-order valence-corrected chi connectivity index (χ4v) is 3.33. The van der Waals surface area contributed by atoms with Crippen LogP contribution >= 0.6 is 0 Å². The van der Waals surface area contributed by atoms with Gasteiger partial charge in [0.2, 0.25) is 5.78 Å². The number of carbonyl (C=O) groups is 1. The Morgan fingerprint density at radius 1 is 1.27 bits per heavy atom. The summed E-state index contributed by atoms with van der Waals surface area (Å²) in [6.07, 6.45) is 10.3. The van der Waals surface area contributed by atoms with Crippen LogP contribution in [0.5, 0.6) is 0 Å². The summed E-state index contributed by atoms with van der Waals surface area (Å²) >= 11 is 0. The molecule has 5 heteroatoms. The SMILES string of the molecule is C=C/C(C)=C\C=C(/C)Cn1cc(C(=O)c2nc(CC=NC)c(C)[nH]2)c2ccccc21. The number of para-hydroxylation sites is 1. The lowest BCUT2D eigenvalue weighted by Crippen LogP contribution is -2.04. The van der Waals surface area contributed by atoms with Gasteiger partial charge in [-0.25, -0.2) is 4.98 Å². The minimum atomic E-state index is -0.100. The number of ketones is 1. The number of aryl methyl sites for hydroxylation is 1. The maximum Gasteiger partial charge on any atom is 0.230 e. The first-order chi connectivity index (χ1) is 14.4. The van der Waals surface area contributed by atoms with Crippen molar-refractivity contribution < 1.29 is 4.79 Å². The summed E-state index contributed by atoms with van der Waals surface area (Å²) in [6.45, 7) is 10.5. The number of aromatic amines is 1. The number of nitrogens with zero attached hydrogens (tertiary/aromatic N) is 3. The fourth-order valence-electron chi connectivity index (χ4n) is 3.33. The molecule has 154 valence electrons. The van der Waals surface area contributed by atoms with Crippen LogP contribution in [0.2, 0.25) is 0 Å². The van der Waals surface area contributed by atoms with Gasteiger partial charge in [-0.15, -0.1) is 0 Å². The summed E-state index contributed by atoms with van der Waals surface area (Å²) in [5.41, 5.74) is 5.71. The summed E-state index contributed by atoms with van der Waals surface area (Å²) in [4.78, 5) is 25.0. The predicted molar refractivity (Wildman–Crippen MR) is 125 cm³/mol. The molecule has 0 saturated carbocycles. The van der Waals surface area contributed by atoms with Crippen LogP contribution in [0.15, 0.2) is 71.4 Å². The van der Waals surface area contributed by atoms with Crippen molar-refractivity contribution >= 4 is 22.9 Å². The van der Waals surface area contributed by atoms with Crippen molar-refractivity contribution in [1.82, 2.24) is 14.5 Å². The van der Waals surface area contributed by atoms with Gasteiger partial charge >= 0.3 is 0 Å². The molecule has 0 amide bonds. The van der Waals surface area contributed by atoms with Gasteiger partial charge in [-0.2, -0.15) is 0 Å². The van der Waals surface area contributed by atoms with Gasteiger partial charge < -0.3 is 14.5 Å². The molecule has 5 nitrogen and oxygen atoms in total. The molecule has 0 aliphatic heterocycles. The molecule has 2 heterocycles. The summed E-state index contributed by atoms with van der Waals surface area (Å²) < 4.78 is 2.12. The van der Waals surface area contributed by atoms with E-state index in [0.29, 0.717) is 24.4 Å². The second-order valence-electron chi connectivity index (χ2n) is 7.45. The van der Waals surface area contributed by atoms with E-state index in [-0.39, 0.29) is 5.78 Å². The number of imidazole rings is 1. The minimum Gasteiger partial charge on any atom is -0.343 e. The van der Waals surface area contributed by atoms with Crippen LogP contribution in [0.4, 0.5) is 0 Å². The van der Waals surface area contributed by atoms with Gasteiger partial charge in [0, 0.05) is 49.0 Å². The van der Waals surface area contributed by atoms with Crippen molar-refractivity contribution in [1.29, 1.82) is 0 Å². The largest absolute Gasteiger partial charge is 0.343 e. The monoisotopic (exact) mass is 400 g/mol. The lowest BCUT2D eigenvalue weighted by atomic mass is 10.1. The zero-order valence-electron chi connectivity index (χ0n) is 18.1. The normalized spacial score (nSPS) is 12.8. The molecule has 1 aromatic carbocycles. The molecule has 0 spiro atoms. The van der Waals surface area contributed by atoms with Crippen LogP contribution in [0, 0.1) is 6.92 Å². The van der Waals surface area contributed by atoms with Gasteiger partial charge in [0.05, 0.1) is 11.3 Å². The second-order valence-corrected chi connectivity index (χ2v) is 7.45. The zero-order valence-corrected chi connectivity index (χ0v) is 18.1. The Labute approximate surface area is 177 Å². The van der Waals surface area contributed by atoms with Gasteiger partial charge in [0.1, 0.15) is 0 Å². The first-order valence-electron chi connectivity index (χ1n) is 9.99. The van der Waals surface area contributed by atoms with E-state index in [2.05, 4.69) is 39.1 Å². The van der Waals surface area contributed by atoms with Crippen LogP contribution in [0.3, 0.4) is 0 Å². The van der Waals surface area contributed by atoms with Crippen molar-refractivity contribution in [2.75, 3.05) is 7.05 Å².